The van der Waals surface area contributed by atoms with E-state index in [9.17, 15) is 24.3 Å². The summed E-state index contributed by atoms with van der Waals surface area (Å²) in [4.78, 5) is 59.3. The quantitative estimate of drug-likeness (QED) is 0.169. The van der Waals surface area contributed by atoms with Gasteiger partial charge >= 0.3 is 5.97 Å². The van der Waals surface area contributed by atoms with Crippen molar-refractivity contribution in [2.45, 2.75) is 38.8 Å². The van der Waals surface area contributed by atoms with Crippen LogP contribution in [0.3, 0.4) is 0 Å². The summed E-state index contributed by atoms with van der Waals surface area (Å²) in [5.41, 5.74) is 16.2. The second-order valence-electron chi connectivity index (χ2n) is 12.2. The first kappa shape index (κ1) is 38.8. The molecule has 0 saturated heterocycles. The number of amides is 1. The molecule has 4 bridgehead atoms. The SMILES string of the molecule is CN.CO.COc1c(C=O)ccc2c1nc1n2CCn2c(nc3c(OC)c(C(N)=O)ccc32)-c2cc(ccc2C=O)CCCCc2ccc-1c(C(=O)O)c2. The highest BCUT2D eigenvalue weighted by Gasteiger charge is 2.25. The number of aromatic carboxylic acids is 1. The lowest BCUT2D eigenvalue weighted by Gasteiger charge is -2.16. The van der Waals surface area contributed by atoms with Crippen molar-refractivity contribution in [3.8, 4) is 34.3 Å². The van der Waals surface area contributed by atoms with Gasteiger partial charge in [0.15, 0.2) is 24.1 Å². The number of benzene rings is 4. The fourth-order valence-electron chi connectivity index (χ4n) is 6.95. The van der Waals surface area contributed by atoms with Crippen molar-refractivity contribution < 1.29 is 38.9 Å². The zero-order valence-corrected chi connectivity index (χ0v) is 30.5. The molecule has 2 aliphatic rings. The Kier molecular flexibility index (Phi) is 12.2. The number of nitrogens with zero attached hydrogens (tertiary/aromatic N) is 4. The van der Waals surface area contributed by atoms with E-state index in [-0.39, 0.29) is 35.7 Å². The number of carboxylic acid groups (broad SMARTS) is 1. The first-order valence-electron chi connectivity index (χ1n) is 17.1. The Bertz CT molecular complexity index is 2380. The molecule has 1 amide bonds. The molecule has 2 aromatic heterocycles. The molecule has 4 aromatic carbocycles. The maximum atomic E-state index is 12.7. The molecule has 280 valence electrons. The molecule has 14 nitrogen and oxygen atoms in total. The number of carbonyl (C=O) groups excluding carboxylic acids is 3. The number of aryl methyl sites for hydroxylation is 4. The van der Waals surface area contributed by atoms with E-state index in [1.807, 2.05) is 27.3 Å². The number of aldehydes is 2. The fourth-order valence-corrected chi connectivity index (χ4v) is 6.95. The zero-order chi connectivity index (χ0) is 39.1. The van der Waals surface area contributed by atoms with Crippen LogP contribution in [0.5, 0.6) is 11.5 Å². The van der Waals surface area contributed by atoms with Crippen molar-refractivity contribution in [1.29, 1.82) is 0 Å². The molecule has 0 saturated carbocycles. The summed E-state index contributed by atoms with van der Waals surface area (Å²) in [5.74, 6) is -0.406. The van der Waals surface area contributed by atoms with Crippen molar-refractivity contribution in [2.24, 2.45) is 11.5 Å². The lowest BCUT2D eigenvalue weighted by molar-refractivity contribution is 0.0696. The molecule has 6 aromatic rings. The smallest absolute Gasteiger partial charge is 0.336 e. The zero-order valence-electron chi connectivity index (χ0n) is 30.5. The molecule has 0 fully saturated rings. The number of rotatable bonds is 6. The Morgan fingerprint density at radius 3 is 1.78 bits per heavy atom. The third kappa shape index (κ3) is 7.04. The number of carbonyl (C=O) groups is 4. The number of methoxy groups -OCH3 is 2. The van der Waals surface area contributed by atoms with E-state index in [2.05, 4.69) is 5.73 Å². The van der Waals surface area contributed by atoms with E-state index >= 15 is 0 Å². The van der Waals surface area contributed by atoms with Crippen molar-refractivity contribution >= 4 is 46.5 Å². The van der Waals surface area contributed by atoms with Crippen molar-refractivity contribution in [3.63, 3.8) is 0 Å². The molecule has 0 atom stereocenters. The molecule has 14 heteroatoms. The number of nitrogens with two attached hydrogens (primary N) is 2. The van der Waals surface area contributed by atoms with Crippen molar-refractivity contribution in [3.05, 3.63) is 94.0 Å². The van der Waals surface area contributed by atoms with E-state index in [4.69, 9.17) is 30.3 Å². The van der Waals surface area contributed by atoms with Crippen LogP contribution in [0.2, 0.25) is 0 Å². The van der Waals surface area contributed by atoms with Gasteiger partial charge in [0.2, 0.25) is 0 Å². The Morgan fingerprint density at radius 1 is 0.704 bits per heavy atom. The number of carboxylic acids is 1. The predicted molar refractivity (Wildman–Crippen MR) is 205 cm³/mol. The number of hydrogen-bond donors (Lipinski definition) is 4. The average Bonchev–Trinajstić information content (AvgIpc) is 3.76. The number of aromatic nitrogens is 4. The van der Waals surface area contributed by atoms with Crippen LogP contribution < -0.4 is 20.9 Å². The topological polar surface area (TPSA) is 215 Å². The average molecular weight is 735 g/mol. The summed E-state index contributed by atoms with van der Waals surface area (Å²) in [6, 6.07) is 17.9. The fraction of sp³-hybridized carbons (Fsp3) is 0.250. The molecule has 54 heavy (non-hydrogen) atoms. The van der Waals surface area contributed by atoms with Crippen LogP contribution in [0.1, 0.15) is 65.4 Å². The third-order valence-corrected chi connectivity index (χ3v) is 9.35. The largest absolute Gasteiger partial charge is 0.494 e. The first-order chi connectivity index (χ1) is 26.3. The molecule has 0 radical (unpaired) electrons. The number of ether oxygens (including phenoxy) is 2. The maximum Gasteiger partial charge on any atom is 0.336 e. The van der Waals surface area contributed by atoms with Gasteiger partial charge in [-0.2, -0.15) is 0 Å². The van der Waals surface area contributed by atoms with Gasteiger partial charge in [-0.3, -0.25) is 14.4 Å². The molecule has 0 unspecified atom stereocenters. The van der Waals surface area contributed by atoms with Gasteiger partial charge in [-0.1, -0.05) is 24.3 Å². The molecule has 8 rings (SSSR count). The van der Waals surface area contributed by atoms with Crippen LogP contribution >= 0.6 is 0 Å². The summed E-state index contributed by atoms with van der Waals surface area (Å²) in [5, 5.41) is 17.4. The number of primary amides is 1. The van der Waals surface area contributed by atoms with Crippen LogP contribution in [0.4, 0.5) is 0 Å². The highest BCUT2D eigenvalue weighted by molar-refractivity contribution is 6.03. The van der Waals surface area contributed by atoms with Gasteiger partial charge in [-0.05, 0) is 80.3 Å². The number of hydrogen-bond acceptors (Lipinski definition) is 10. The molecule has 4 heterocycles. The van der Waals surface area contributed by atoms with Crippen LogP contribution in [0, 0.1) is 0 Å². The van der Waals surface area contributed by atoms with Crippen molar-refractivity contribution in [2.75, 3.05) is 28.4 Å². The van der Waals surface area contributed by atoms with E-state index in [0.717, 1.165) is 43.8 Å². The summed E-state index contributed by atoms with van der Waals surface area (Å²) in [7, 11) is 5.40. The minimum absolute atomic E-state index is 0.109. The minimum Gasteiger partial charge on any atom is -0.494 e. The molecule has 0 spiro atoms. The molecular formula is C40H42N6O8. The van der Waals surface area contributed by atoms with Crippen LogP contribution in [0.15, 0.2) is 60.7 Å². The van der Waals surface area contributed by atoms with Gasteiger partial charge in [-0.15, -0.1) is 0 Å². The lowest BCUT2D eigenvalue weighted by Crippen LogP contribution is -2.13. The summed E-state index contributed by atoms with van der Waals surface area (Å²) < 4.78 is 15.2. The highest BCUT2D eigenvalue weighted by atomic mass is 16.5. The van der Waals surface area contributed by atoms with E-state index in [1.165, 1.54) is 21.3 Å². The maximum absolute atomic E-state index is 12.7. The van der Waals surface area contributed by atoms with Gasteiger partial charge < -0.3 is 40.3 Å². The van der Waals surface area contributed by atoms with Crippen LogP contribution in [-0.2, 0) is 25.9 Å². The van der Waals surface area contributed by atoms with Gasteiger partial charge in [0.1, 0.15) is 22.7 Å². The van der Waals surface area contributed by atoms with E-state index < -0.39 is 11.9 Å². The number of aliphatic hydroxyl groups excluding tert-OH is 1. The van der Waals surface area contributed by atoms with Crippen LogP contribution in [-0.4, -0.2) is 82.1 Å². The van der Waals surface area contributed by atoms with Crippen LogP contribution in [0.25, 0.3) is 44.8 Å². The summed E-state index contributed by atoms with van der Waals surface area (Å²) in [6.45, 7) is 0.523. The molecule has 6 N–H and O–H groups in total. The first-order valence-corrected chi connectivity index (χ1v) is 17.1. The molecular weight excluding hydrogens is 692 g/mol. The van der Waals surface area contributed by atoms with Crippen molar-refractivity contribution in [1.82, 2.24) is 19.1 Å². The predicted octanol–water partition coefficient (Wildman–Crippen LogP) is 4.92. The standard InChI is InChI=1S/C38H33N5O7.CH5N.CH4O/c1-49-33-24(20-45)10-13-29-31(33)40-36-25-11-8-22(18-28(25)38(47)48)6-4-3-5-21-7-9-23(19-44)27(17-21)37-41-32-30(43(37)16-15-42(29)36)14-12-26(35(39)46)34(32)50-2;2*1-2/h7-14,17-20H,3-6,15-16H2,1-2H3,(H2,39,46)(H,47,48);2H2,1H3;2H,1H3. The second kappa shape index (κ2) is 17.0. The Balaban J connectivity index is 0.00000136. The minimum atomic E-state index is -1.09. The number of fused-ring (bicyclic) bond motifs is 8. The van der Waals surface area contributed by atoms with Gasteiger partial charge in [0.25, 0.3) is 5.91 Å². The monoisotopic (exact) mass is 734 g/mol. The normalized spacial score (nSPS) is 12.3. The second-order valence-corrected chi connectivity index (χ2v) is 12.2. The lowest BCUT2D eigenvalue weighted by atomic mass is 9.97. The van der Waals surface area contributed by atoms with Gasteiger partial charge in [0.05, 0.1) is 41.9 Å². The molecule has 0 aliphatic carbocycles. The summed E-state index contributed by atoms with van der Waals surface area (Å²) >= 11 is 0. The van der Waals surface area contributed by atoms with Gasteiger partial charge in [-0.25, -0.2) is 14.8 Å². The highest BCUT2D eigenvalue weighted by Crippen LogP contribution is 2.37. The van der Waals surface area contributed by atoms with E-state index in [0.29, 0.717) is 68.7 Å². The Morgan fingerprint density at radius 2 is 1.22 bits per heavy atom. The van der Waals surface area contributed by atoms with Gasteiger partial charge in [0, 0.05) is 36.9 Å². The third-order valence-electron chi connectivity index (χ3n) is 9.35. The number of aliphatic hydroxyl groups is 1. The number of imidazole rings is 2. The Labute approximate surface area is 311 Å². The van der Waals surface area contributed by atoms with E-state index in [1.54, 1.807) is 42.5 Å². The molecule has 2 aliphatic heterocycles. The Hall–Kier alpha value is -6.38. The summed E-state index contributed by atoms with van der Waals surface area (Å²) in [6.07, 6.45) is 4.52.